The first-order valence-electron chi connectivity index (χ1n) is 3.71. The lowest BCUT2D eigenvalue weighted by Gasteiger charge is -1.97. The quantitative estimate of drug-likeness (QED) is 0.577. The Morgan fingerprint density at radius 3 is 3.00 bits per heavy atom. The van der Waals surface area contributed by atoms with Crippen LogP contribution in [0.2, 0.25) is 0 Å². The van der Waals surface area contributed by atoms with Crippen molar-refractivity contribution in [1.29, 1.82) is 0 Å². The number of halogens is 1. The number of rotatable bonds is 0. The molecule has 1 nitrogen and oxygen atoms in total. The summed E-state index contributed by atoms with van der Waals surface area (Å²) in [6, 6.07) is 9.33. The first-order chi connectivity index (χ1) is 5.77. The van der Waals surface area contributed by atoms with Crippen LogP contribution in [0, 0.1) is 18.8 Å². The Bertz CT molecular complexity index is 423. The van der Waals surface area contributed by atoms with Gasteiger partial charge >= 0.3 is 0 Å². The molecule has 0 aliphatic rings. The molecule has 0 atom stereocenters. The van der Waals surface area contributed by atoms with Crippen molar-refractivity contribution in [2.24, 2.45) is 0 Å². The van der Waals surface area contributed by atoms with Gasteiger partial charge in [0.1, 0.15) is 5.82 Å². The molecule has 0 spiro atoms. The number of benzene rings is 1. The van der Waals surface area contributed by atoms with Crippen LogP contribution >= 0.6 is 0 Å². The largest absolute Gasteiger partial charge is 0.252 e. The zero-order valence-electron chi connectivity index (χ0n) is 6.63. The van der Waals surface area contributed by atoms with Crippen LogP contribution in [0.3, 0.4) is 0 Å². The number of hydrogen-bond acceptors (Lipinski definition) is 1. The van der Waals surface area contributed by atoms with Gasteiger partial charge in [-0.3, -0.25) is 4.98 Å². The first-order valence-corrected chi connectivity index (χ1v) is 3.71. The SMILES string of the molecule is Cc1ccc2c(F)cc[c]c2n1. The molecule has 59 valence electrons. The molecule has 12 heavy (non-hydrogen) atoms. The molecule has 2 heteroatoms. The van der Waals surface area contributed by atoms with E-state index in [1.807, 2.05) is 6.92 Å². The second-order valence-corrected chi connectivity index (χ2v) is 2.67. The molecule has 1 heterocycles. The molecule has 0 saturated carbocycles. The zero-order chi connectivity index (χ0) is 8.55. The van der Waals surface area contributed by atoms with Gasteiger partial charge in [-0.2, -0.15) is 0 Å². The third-order valence-electron chi connectivity index (χ3n) is 1.74. The summed E-state index contributed by atoms with van der Waals surface area (Å²) in [4.78, 5) is 4.14. The van der Waals surface area contributed by atoms with E-state index in [0.29, 0.717) is 10.9 Å². The van der Waals surface area contributed by atoms with Gasteiger partial charge in [0.05, 0.1) is 5.52 Å². The molecule has 2 aromatic rings. The van der Waals surface area contributed by atoms with Gasteiger partial charge in [0.25, 0.3) is 0 Å². The van der Waals surface area contributed by atoms with Gasteiger partial charge < -0.3 is 0 Å². The highest BCUT2D eigenvalue weighted by Gasteiger charge is 1.99. The first kappa shape index (κ1) is 7.22. The van der Waals surface area contributed by atoms with Crippen LogP contribution in [-0.4, -0.2) is 4.98 Å². The van der Waals surface area contributed by atoms with Crippen molar-refractivity contribution in [3.8, 4) is 0 Å². The summed E-state index contributed by atoms with van der Waals surface area (Å²) in [5, 5.41) is 0.531. The summed E-state index contributed by atoms with van der Waals surface area (Å²) in [5.74, 6) is -0.240. The van der Waals surface area contributed by atoms with E-state index in [2.05, 4.69) is 11.1 Å². The summed E-state index contributed by atoms with van der Waals surface area (Å²) in [5.41, 5.74) is 1.47. The van der Waals surface area contributed by atoms with Crippen molar-refractivity contribution < 1.29 is 4.39 Å². The third kappa shape index (κ3) is 1.05. The highest BCUT2D eigenvalue weighted by atomic mass is 19.1. The van der Waals surface area contributed by atoms with Crippen molar-refractivity contribution in [2.45, 2.75) is 6.92 Å². The van der Waals surface area contributed by atoms with Gasteiger partial charge in [-0.15, -0.1) is 0 Å². The Hall–Kier alpha value is -1.44. The van der Waals surface area contributed by atoms with Crippen molar-refractivity contribution in [3.05, 3.63) is 41.8 Å². The minimum Gasteiger partial charge on any atom is -0.252 e. The van der Waals surface area contributed by atoms with Gasteiger partial charge in [-0.25, -0.2) is 4.39 Å². The number of hydrogen-bond donors (Lipinski definition) is 0. The molecule has 0 N–H and O–H groups in total. The maximum absolute atomic E-state index is 13.1. The van der Waals surface area contributed by atoms with Gasteiger partial charge in [0.15, 0.2) is 0 Å². The summed E-state index contributed by atoms with van der Waals surface area (Å²) < 4.78 is 13.1. The molecule has 0 aliphatic carbocycles. The maximum atomic E-state index is 13.1. The fraction of sp³-hybridized carbons (Fsp3) is 0.100. The van der Waals surface area contributed by atoms with Gasteiger partial charge in [-0.1, -0.05) is 0 Å². The molecule has 1 aromatic carbocycles. The minimum absolute atomic E-state index is 0.240. The minimum atomic E-state index is -0.240. The highest BCUT2D eigenvalue weighted by Crippen LogP contribution is 2.14. The molecule has 1 aromatic heterocycles. The van der Waals surface area contributed by atoms with Gasteiger partial charge in [0, 0.05) is 17.1 Å². The Labute approximate surface area is 69.9 Å². The Morgan fingerprint density at radius 1 is 1.33 bits per heavy atom. The maximum Gasteiger partial charge on any atom is 0.132 e. The predicted molar refractivity (Wildman–Crippen MR) is 45.3 cm³/mol. The molecule has 0 fully saturated rings. The van der Waals surface area contributed by atoms with E-state index in [0.717, 1.165) is 5.69 Å². The van der Waals surface area contributed by atoms with Crippen molar-refractivity contribution in [1.82, 2.24) is 4.98 Å². The molecule has 0 aliphatic heterocycles. The van der Waals surface area contributed by atoms with E-state index < -0.39 is 0 Å². The van der Waals surface area contributed by atoms with Crippen LogP contribution in [0.1, 0.15) is 5.69 Å². The topological polar surface area (TPSA) is 12.9 Å². The van der Waals surface area contributed by atoms with E-state index in [4.69, 9.17) is 0 Å². The molecule has 0 bridgehead atoms. The average molecular weight is 160 g/mol. The number of aromatic nitrogens is 1. The van der Waals surface area contributed by atoms with Crippen LogP contribution in [0.5, 0.6) is 0 Å². The Morgan fingerprint density at radius 2 is 2.17 bits per heavy atom. The van der Waals surface area contributed by atoms with Crippen molar-refractivity contribution >= 4 is 10.9 Å². The monoisotopic (exact) mass is 160 g/mol. The zero-order valence-corrected chi connectivity index (χ0v) is 6.63. The smallest absolute Gasteiger partial charge is 0.132 e. The average Bonchev–Trinajstić information content (AvgIpc) is 2.04. The molecule has 0 saturated heterocycles. The van der Waals surface area contributed by atoms with E-state index in [1.165, 1.54) is 6.07 Å². The van der Waals surface area contributed by atoms with E-state index >= 15 is 0 Å². The van der Waals surface area contributed by atoms with Crippen LogP contribution in [0.4, 0.5) is 4.39 Å². The van der Waals surface area contributed by atoms with Gasteiger partial charge in [0.2, 0.25) is 0 Å². The van der Waals surface area contributed by atoms with E-state index in [9.17, 15) is 4.39 Å². The van der Waals surface area contributed by atoms with E-state index in [1.54, 1.807) is 18.2 Å². The Kier molecular flexibility index (Phi) is 1.54. The number of fused-ring (bicyclic) bond motifs is 1. The highest BCUT2D eigenvalue weighted by molar-refractivity contribution is 5.78. The normalized spacial score (nSPS) is 10.5. The number of pyridine rings is 1. The van der Waals surface area contributed by atoms with Crippen LogP contribution in [0.25, 0.3) is 10.9 Å². The molecule has 0 unspecified atom stereocenters. The lowest BCUT2D eigenvalue weighted by atomic mass is 10.2. The van der Waals surface area contributed by atoms with Gasteiger partial charge in [-0.05, 0) is 31.2 Å². The van der Waals surface area contributed by atoms with Crippen LogP contribution in [0.15, 0.2) is 24.3 Å². The second kappa shape index (κ2) is 2.55. The lowest BCUT2D eigenvalue weighted by Crippen LogP contribution is -1.85. The standard InChI is InChI=1S/C10H7FN/c1-7-5-6-8-9(11)3-2-4-10(8)12-7/h2-3,5-6H,1H3. The number of aryl methyl sites for hydroxylation is 1. The Balaban J connectivity index is 2.86. The number of nitrogens with zero attached hydrogens (tertiary/aromatic N) is 1. The lowest BCUT2D eigenvalue weighted by molar-refractivity contribution is 0.639. The molecule has 1 radical (unpaired) electrons. The molecule has 0 amide bonds. The fourth-order valence-corrected chi connectivity index (χ4v) is 1.14. The third-order valence-corrected chi connectivity index (χ3v) is 1.74. The summed E-state index contributed by atoms with van der Waals surface area (Å²) in [7, 11) is 0. The predicted octanol–water partition coefficient (Wildman–Crippen LogP) is 2.48. The molecular weight excluding hydrogens is 153 g/mol. The summed E-state index contributed by atoms with van der Waals surface area (Å²) in [6.07, 6.45) is 0. The second-order valence-electron chi connectivity index (χ2n) is 2.67. The van der Waals surface area contributed by atoms with Crippen molar-refractivity contribution in [2.75, 3.05) is 0 Å². The van der Waals surface area contributed by atoms with Crippen LogP contribution in [-0.2, 0) is 0 Å². The van der Waals surface area contributed by atoms with E-state index in [-0.39, 0.29) is 5.82 Å². The summed E-state index contributed by atoms with van der Waals surface area (Å²) >= 11 is 0. The van der Waals surface area contributed by atoms with Crippen LogP contribution < -0.4 is 0 Å². The fourth-order valence-electron chi connectivity index (χ4n) is 1.14. The molecule has 2 rings (SSSR count). The molecular formula is C10H7FN. The van der Waals surface area contributed by atoms with Crippen molar-refractivity contribution in [3.63, 3.8) is 0 Å². The summed E-state index contributed by atoms with van der Waals surface area (Å²) in [6.45, 7) is 1.87.